The average Bonchev–Trinajstić information content (AvgIpc) is 2.71. The average molecular weight is 372 g/mol. The number of amides is 1. The summed E-state index contributed by atoms with van der Waals surface area (Å²) in [6.45, 7) is 3.89. The highest BCUT2D eigenvalue weighted by Gasteiger charge is 2.11. The van der Waals surface area contributed by atoms with Gasteiger partial charge in [0.25, 0.3) is 5.91 Å². The van der Waals surface area contributed by atoms with Gasteiger partial charge in [-0.2, -0.15) is 10.2 Å². The number of rotatable bonds is 5. The lowest BCUT2D eigenvalue weighted by molar-refractivity contribution is 0.0963. The number of hydrogen-bond acceptors (Lipinski definition) is 6. The van der Waals surface area contributed by atoms with E-state index < -0.39 is 0 Å². The van der Waals surface area contributed by atoms with Gasteiger partial charge in [-0.15, -0.1) is 0 Å². The molecular formula is C21H20N6O. The first-order valence-corrected chi connectivity index (χ1v) is 8.70. The van der Waals surface area contributed by atoms with Crippen LogP contribution in [0, 0.1) is 25.2 Å². The summed E-state index contributed by atoms with van der Waals surface area (Å²) < 4.78 is 0. The molecule has 0 aliphatic carbocycles. The van der Waals surface area contributed by atoms with E-state index in [-0.39, 0.29) is 5.91 Å². The summed E-state index contributed by atoms with van der Waals surface area (Å²) in [5.74, 6) is 0.950. The molecule has 3 rings (SSSR count). The number of nitrogens with one attached hydrogen (secondary N) is 3. The molecular weight excluding hydrogens is 352 g/mol. The number of hydrogen-bond donors (Lipinski definition) is 3. The van der Waals surface area contributed by atoms with Gasteiger partial charge in [-0.05, 0) is 67.4 Å². The standard InChI is InChI=1S/C21H20N6O/c1-13-10-16(20(28)23-3)11-14(2)19(13)26-18-8-9-24-21(27-18)25-17-6-4-15(12-22)5-7-17/h4-11H,1-3H3,(H,23,28)(H2,24,25,26,27). The van der Waals surface area contributed by atoms with E-state index in [9.17, 15) is 4.79 Å². The number of anilines is 4. The summed E-state index contributed by atoms with van der Waals surface area (Å²) in [7, 11) is 1.61. The van der Waals surface area contributed by atoms with Crippen LogP contribution in [-0.4, -0.2) is 22.9 Å². The van der Waals surface area contributed by atoms with E-state index in [2.05, 4.69) is 32.0 Å². The van der Waals surface area contributed by atoms with E-state index in [1.165, 1.54) is 0 Å². The molecule has 0 saturated carbocycles. The molecule has 2 aromatic carbocycles. The van der Waals surface area contributed by atoms with Crippen molar-refractivity contribution in [2.75, 3.05) is 17.7 Å². The number of nitriles is 1. The van der Waals surface area contributed by atoms with Crippen LogP contribution in [-0.2, 0) is 0 Å². The Balaban J connectivity index is 1.81. The molecule has 0 bridgehead atoms. The Bertz CT molecular complexity index is 1030. The fourth-order valence-corrected chi connectivity index (χ4v) is 2.81. The molecule has 0 unspecified atom stereocenters. The van der Waals surface area contributed by atoms with Gasteiger partial charge in [0, 0.05) is 30.2 Å². The van der Waals surface area contributed by atoms with Crippen molar-refractivity contribution in [3.8, 4) is 6.07 Å². The van der Waals surface area contributed by atoms with Crippen molar-refractivity contribution in [2.45, 2.75) is 13.8 Å². The second-order valence-corrected chi connectivity index (χ2v) is 6.27. The highest BCUT2D eigenvalue weighted by molar-refractivity contribution is 5.95. The highest BCUT2D eigenvalue weighted by atomic mass is 16.1. The predicted molar refractivity (Wildman–Crippen MR) is 109 cm³/mol. The summed E-state index contributed by atoms with van der Waals surface area (Å²) in [6, 6.07) is 14.6. The van der Waals surface area contributed by atoms with Crippen LogP contribution in [0.3, 0.4) is 0 Å². The summed E-state index contributed by atoms with van der Waals surface area (Å²) in [4.78, 5) is 20.6. The molecule has 3 aromatic rings. The summed E-state index contributed by atoms with van der Waals surface area (Å²) in [5, 5.41) is 17.9. The quantitative estimate of drug-likeness (QED) is 0.629. The Kier molecular flexibility index (Phi) is 5.51. The van der Waals surface area contributed by atoms with Gasteiger partial charge >= 0.3 is 0 Å². The summed E-state index contributed by atoms with van der Waals surface area (Å²) in [5.41, 5.74) is 4.79. The number of nitrogens with zero attached hydrogens (tertiary/aromatic N) is 3. The number of carbonyl (C=O) groups is 1. The van der Waals surface area contributed by atoms with E-state index in [1.807, 2.05) is 26.0 Å². The predicted octanol–water partition coefficient (Wildman–Crippen LogP) is 3.81. The monoisotopic (exact) mass is 372 g/mol. The molecule has 7 nitrogen and oxygen atoms in total. The van der Waals surface area contributed by atoms with Crippen LogP contribution in [0.15, 0.2) is 48.7 Å². The van der Waals surface area contributed by atoms with Crippen molar-refractivity contribution < 1.29 is 4.79 Å². The molecule has 1 amide bonds. The van der Waals surface area contributed by atoms with Crippen molar-refractivity contribution in [1.82, 2.24) is 15.3 Å². The third-order valence-corrected chi connectivity index (χ3v) is 4.20. The zero-order valence-corrected chi connectivity index (χ0v) is 15.9. The first kappa shape index (κ1) is 18.9. The number of carbonyl (C=O) groups excluding carboxylic acids is 1. The molecule has 1 aromatic heterocycles. The third-order valence-electron chi connectivity index (χ3n) is 4.20. The number of aromatic nitrogens is 2. The van der Waals surface area contributed by atoms with Crippen molar-refractivity contribution in [2.24, 2.45) is 0 Å². The Hall–Kier alpha value is -3.92. The van der Waals surface area contributed by atoms with Crippen LogP contribution in [0.2, 0.25) is 0 Å². The molecule has 0 spiro atoms. The minimum atomic E-state index is -0.117. The molecule has 1 heterocycles. The second-order valence-electron chi connectivity index (χ2n) is 6.27. The molecule has 0 aliphatic heterocycles. The highest BCUT2D eigenvalue weighted by Crippen LogP contribution is 2.26. The van der Waals surface area contributed by atoms with Crippen LogP contribution in [0.25, 0.3) is 0 Å². The molecule has 0 aliphatic rings. The maximum atomic E-state index is 11.9. The molecule has 0 atom stereocenters. The summed E-state index contributed by atoms with van der Waals surface area (Å²) >= 11 is 0. The van der Waals surface area contributed by atoms with Crippen molar-refractivity contribution in [3.63, 3.8) is 0 Å². The van der Waals surface area contributed by atoms with E-state index in [0.29, 0.717) is 22.9 Å². The van der Waals surface area contributed by atoms with Crippen LogP contribution in [0.1, 0.15) is 27.0 Å². The molecule has 0 radical (unpaired) electrons. The van der Waals surface area contributed by atoms with E-state index in [1.54, 1.807) is 43.6 Å². The third kappa shape index (κ3) is 4.24. The van der Waals surface area contributed by atoms with Crippen LogP contribution < -0.4 is 16.0 Å². The largest absolute Gasteiger partial charge is 0.355 e. The minimum Gasteiger partial charge on any atom is -0.355 e. The smallest absolute Gasteiger partial charge is 0.251 e. The van der Waals surface area contributed by atoms with E-state index in [4.69, 9.17) is 5.26 Å². The van der Waals surface area contributed by atoms with Gasteiger partial charge in [-0.25, -0.2) is 4.98 Å². The Morgan fingerprint density at radius 2 is 1.71 bits per heavy atom. The van der Waals surface area contributed by atoms with E-state index in [0.717, 1.165) is 22.5 Å². The molecule has 3 N–H and O–H groups in total. The van der Waals surface area contributed by atoms with Gasteiger partial charge in [0.1, 0.15) is 5.82 Å². The molecule has 140 valence electrons. The molecule has 28 heavy (non-hydrogen) atoms. The topological polar surface area (TPSA) is 103 Å². The van der Waals surface area contributed by atoms with Crippen molar-refractivity contribution >= 4 is 29.0 Å². The lowest BCUT2D eigenvalue weighted by atomic mass is 10.0. The fraction of sp³-hybridized carbons (Fsp3) is 0.143. The molecule has 0 saturated heterocycles. The van der Waals surface area contributed by atoms with Crippen LogP contribution in [0.5, 0.6) is 0 Å². The normalized spacial score (nSPS) is 10.1. The van der Waals surface area contributed by atoms with Gasteiger partial charge in [-0.1, -0.05) is 0 Å². The zero-order chi connectivity index (χ0) is 20.1. The second kappa shape index (κ2) is 8.18. The first-order valence-electron chi connectivity index (χ1n) is 8.70. The Morgan fingerprint density at radius 3 is 2.32 bits per heavy atom. The SMILES string of the molecule is CNC(=O)c1cc(C)c(Nc2ccnc(Nc3ccc(C#N)cc3)n2)c(C)c1. The maximum absolute atomic E-state index is 11.9. The van der Waals surface area contributed by atoms with Gasteiger partial charge in [0.15, 0.2) is 0 Å². The van der Waals surface area contributed by atoms with Gasteiger partial charge in [0.05, 0.1) is 11.6 Å². The lowest BCUT2D eigenvalue weighted by Crippen LogP contribution is -2.18. The minimum absolute atomic E-state index is 0.117. The Morgan fingerprint density at radius 1 is 1.04 bits per heavy atom. The fourth-order valence-electron chi connectivity index (χ4n) is 2.81. The van der Waals surface area contributed by atoms with Gasteiger partial charge < -0.3 is 16.0 Å². The molecule has 7 heteroatoms. The lowest BCUT2D eigenvalue weighted by Gasteiger charge is -2.14. The van der Waals surface area contributed by atoms with Crippen molar-refractivity contribution in [3.05, 3.63) is 70.9 Å². The van der Waals surface area contributed by atoms with Gasteiger partial charge in [-0.3, -0.25) is 4.79 Å². The van der Waals surface area contributed by atoms with Gasteiger partial charge in [0.2, 0.25) is 5.95 Å². The van der Waals surface area contributed by atoms with Crippen molar-refractivity contribution in [1.29, 1.82) is 5.26 Å². The zero-order valence-electron chi connectivity index (χ0n) is 15.9. The molecule has 0 fully saturated rings. The summed E-state index contributed by atoms with van der Waals surface area (Å²) in [6.07, 6.45) is 1.66. The number of aryl methyl sites for hydroxylation is 2. The number of benzene rings is 2. The van der Waals surface area contributed by atoms with Crippen LogP contribution >= 0.6 is 0 Å². The van der Waals surface area contributed by atoms with E-state index >= 15 is 0 Å². The maximum Gasteiger partial charge on any atom is 0.251 e. The Labute approximate surface area is 163 Å². The van der Waals surface area contributed by atoms with Crippen LogP contribution in [0.4, 0.5) is 23.1 Å². The first-order chi connectivity index (χ1) is 13.5.